The van der Waals surface area contributed by atoms with Crippen molar-refractivity contribution in [2.45, 2.75) is 43.9 Å². The first-order chi connectivity index (χ1) is 25.7. The van der Waals surface area contributed by atoms with E-state index in [0.717, 1.165) is 46.6 Å². The second kappa shape index (κ2) is 15.4. The molecular formula is C41H45N9O3. The summed E-state index contributed by atoms with van der Waals surface area (Å²) in [5, 5.41) is 3.11. The third-order valence-electron chi connectivity index (χ3n) is 9.74. The van der Waals surface area contributed by atoms with Gasteiger partial charge in [0.15, 0.2) is 5.76 Å². The van der Waals surface area contributed by atoms with E-state index in [9.17, 15) is 9.59 Å². The first kappa shape index (κ1) is 35.5. The molecule has 0 unspecified atom stereocenters. The second-order valence-electron chi connectivity index (χ2n) is 13.9. The molecule has 1 aliphatic rings. The molecule has 7 rings (SSSR count). The molecule has 3 aromatic carbocycles. The lowest BCUT2D eigenvalue weighted by Crippen LogP contribution is -2.40. The average molecular weight is 712 g/mol. The molecule has 0 aliphatic carbocycles. The monoisotopic (exact) mass is 711 g/mol. The number of carbonyl (C=O) groups excluding carboxylic acids is 2. The van der Waals surface area contributed by atoms with Crippen molar-refractivity contribution in [1.29, 1.82) is 0 Å². The molecule has 1 aliphatic heterocycles. The Labute approximate surface area is 309 Å². The van der Waals surface area contributed by atoms with Crippen LogP contribution < -0.4 is 5.32 Å². The summed E-state index contributed by atoms with van der Waals surface area (Å²) in [6, 6.07) is 26.2. The number of nitrogens with zero attached hydrogens (tertiary/aromatic N) is 6. The molecule has 2 amide bonds. The third-order valence-corrected chi connectivity index (χ3v) is 9.74. The first-order valence-electron chi connectivity index (χ1n) is 17.9. The van der Waals surface area contributed by atoms with Gasteiger partial charge in [0.1, 0.15) is 29.4 Å². The van der Waals surface area contributed by atoms with Gasteiger partial charge in [-0.1, -0.05) is 78.9 Å². The van der Waals surface area contributed by atoms with Crippen molar-refractivity contribution in [1.82, 2.24) is 44.9 Å². The Balaban J connectivity index is 1.04. The van der Waals surface area contributed by atoms with Crippen LogP contribution in [0.3, 0.4) is 0 Å². The van der Waals surface area contributed by atoms with Gasteiger partial charge in [-0.15, -0.1) is 0 Å². The van der Waals surface area contributed by atoms with Crippen LogP contribution in [0.1, 0.15) is 66.7 Å². The largest absolute Gasteiger partial charge is 0.435 e. The van der Waals surface area contributed by atoms with Crippen LogP contribution in [0, 0.1) is 0 Å². The minimum atomic E-state index is -0.424. The first-order valence-corrected chi connectivity index (χ1v) is 17.9. The number of nitrogens with one attached hydrogen (secondary N) is 3. The highest BCUT2D eigenvalue weighted by atomic mass is 16.4. The van der Waals surface area contributed by atoms with Crippen LogP contribution >= 0.6 is 0 Å². The number of imidazole rings is 2. The number of likely N-dealkylation sites (tertiary alicyclic amines) is 1. The Morgan fingerprint density at radius 1 is 0.868 bits per heavy atom. The number of aromatic nitrogens is 5. The van der Waals surface area contributed by atoms with Crippen molar-refractivity contribution in [3.8, 4) is 34.2 Å². The third kappa shape index (κ3) is 7.55. The van der Waals surface area contributed by atoms with E-state index in [4.69, 9.17) is 9.40 Å². The summed E-state index contributed by atoms with van der Waals surface area (Å²) in [6.45, 7) is 2.59. The van der Waals surface area contributed by atoms with Gasteiger partial charge < -0.3 is 24.6 Å². The summed E-state index contributed by atoms with van der Waals surface area (Å²) in [5.74, 6) is 2.31. The van der Waals surface area contributed by atoms with Gasteiger partial charge in [-0.25, -0.2) is 15.0 Å². The Morgan fingerprint density at radius 2 is 1.55 bits per heavy atom. The van der Waals surface area contributed by atoms with Crippen LogP contribution in [-0.2, 0) is 9.59 Å². The van der Waals surface area contributed by atoms with Crippen LogP contribution in [0.4, 0.5) is 0 Å². The van der Waals surface area contributed by atoms with Crippen molar-refractivity contribution in [3.63, 3.8) is 0 Å². The highest BCUT2D eigenvalue weighted by Gasteiger charge is 2.37. The van der Waals surface area contributed by atoms with Gasteiger partial charge in [0.2, 0.25) is 17.7 Å². The second-order valence-corrected chi connectivity index (χ2v) is 13.9. The Bertz CT molecular complexity index is 2150. The summed E-state index contributed by atoms with van der Waals surface area (Å²) in [4.78, 5) is 53.7. The molecule has 3 N–H and O–H groups in total. The van der Waals surface area contributed by atoms with Crippen LogP contribution in [-0.4, -0.2) is 86.2 Å². The number of benzene rings is 3. The molecule has 272 valence electrons. The average Bonchev–Trinajstić information content (AvgIpc) is 3.99. The van der Waals surface area contributed by atoms with E-state index in [1.165, 1.54) is 0 Å². The summed E-state index contributed by atoms with van der Waals surface area (Å²) >= 11 is 0. The molecule has 0 radical (unpaired) electrons. The topological polar surface area (TPSA) is 139 Å². The molecule has 1 fully saturated rings. The molecule has 6 aromatic rings. The fourth-order valence-corrected chi connectivity index (χ4v) is 7.14. The number of likely N-dealkylation sites (N-methyl/N-ethyl adjacent to an activating group) is 2. The summed E-state index contributed by atoms with van der Waals surface area (Å²) in [5.41, 5.74) is 5.03. The van der Waals surface area contributed by atoms with Crippen molar-refractivity contribution < 1.29 is 14.0 Å². The van der Waals surface area contributed by atoms with E-state index in [0.29, 0.717) is 29.7 Å². The van der Waals surface area contributed by atoms with Crippen LogP contribution in [0.15, 0.2) is 108 Å². The lowest BCUT2D eigenvalue weighted by molar-refractivity contribution is -0.137. The van der Waals surface area contributed by atoms with Crippen LogP contribution in [0.2, 0.25) is 0 Å². The molecule has 12 heteroatoms. The maximum absolute atomic E-state index is 13.9. The Kier molecular flexibility index (Phi) is 10.3. The van der Waals surface area contributed by atoms with Crippen LogP contribution in [0.5, 0.6) is 0 Å². The van der Waals surface area contributed by atoms with Gasteiger partial charge in [-0.2, -0.15) is 0 Å². The number of H-pyrrole nitrogens is 2. The normalized spacial score (nSPS) is 16.2. The molecule has 12 nitrogen and oxygen atoms in total. The van der Waals surface area contributed by atoms with Gasteiger partial charge in [-0.3, -0.25) is 19.4 Å². The Morgan fingerprint density at radius 3 is 2.25 bits per heavy atom. The van der Waals surface area contributed by atoms with Gasteiger partial charge in [0, 0.05) is 23.9 Å². The van der Waals surface area contributed by atoms with Gasteiger partial charge >= 0.3 is 0 Å². The highest BCUT2D eigenvalue weighted by Crippen LogP contribution is 2.36. The minimum Gasteiger partial charge on any atom is -0.435 e. The molecule has 53 heavy (non-hydrogen) atoms. The van der Waals surface area contributed by atoms with Crippen molar-refractivity contribution >= 4 is 11.8 Å². The molecule has 0 spiro atoms. The SMILES string of the molecule is C[C@H](NC(=O)[C@@H](c1ccccc1)N(C)C)c1ncc(-c2cccc(-c3cnc(-c4c[nH]c([C@@H]5CCCN5C(=O)[C@@H](c5ccccc5)N(C)C)n4)o3)c2)[nH]1. The van der Waals surface area contributed by atoms with Gasteiger partial charge in [0.05, 0.1) is 30.2 Å². The number of carbonyl (C=O) groups is 2. The van der Waals surface area contributed by atoms with E-state index in [2.05, 4.69) is 25.3 Å². The fraction of sp³-hybridized carbons (Fsp3) is 0.293. The zero-order valence-electron chi connectivity index (χ0n) is 30.7. The van der Waals surface area contributed by atoms with E-state index in [-0.39, 0.29) is 29.9 Å². The number of hydrogen-bond acceptors (Lipinski definition) is 8. The lowest BCUT2D eigenvalue weighted by atomic mass is 10.0. The molecule has 0 saturated carbocycles. The van der Waals surface area contributed by atoms with Gasteiger partial charge in [0.25, 0.3) is 0 Å². The molecule has 1 saturated heterocycles. The molecular weight excluding hydrogens is 667 g/mol. The smallest absolute Gasteiger partial charge is 0.247 e. The standard InChI is InChI=1S/C41H45N9O3/c1-26(45-39(51)35(48(2)3)27-14-8-6-9-15-27)37-42-23-31(46-37)29-18-12-19-30(22-29)34-25-44-40(53-34)32-24-43-38(47-32)33-20-13-21-50(33)41(52)36(49(4)5)28-16-10-7-11-17-28/h6-12,14-19,22-26,33,35-36H,13,20-21H2,1-5H3,(H,42,46)(H,43,47)(H,45,51)/t26-,33-,35+,36+/m0/s1. The highest BCUT2D eigenvalue weighted by molar-refractivity contribution is 5.84. The van der Waals surface area contributed by atoms with Crippen molar-refractivity contribution in [2.24, 2.45) is 0 Å². The van der Waals surface area contributed by atoms with E-state index >= 15 is 0 Å². The predicted molar refractivity (Wildman–Crippen MR) is 203 cm³/mol. The predicted octanol–water partition coefficient (Wildman–Crippen LogP) is 6.57. The number of oxazole rings is 1. The maximum atomic E-state index is 13.9. The molecule has 4 heterocycles. The Hall–Kier alpha value is -5.85. The van der Waals surface area contributed by atoms with Crippen LogP contribution in [0.25, 0.3) is 34.2 Å². The summed E-state index contributed by atoms with van der Waals surface area (Å²) in [7, 11) is 7.66. The number of hydrogen-bond donors (Lipinski definition) is 3. The quantitative estimate of drug-likeness (QED) is 0.130. The van der Waals surface area contributed by atoms with Crippen molar-refractivity contribution in [2.75, 3.05) is 34.7 Å². The molecule has 0 bridgehead atoms. The van der Waals surface area contributed by atoms with Crippen molar-refractivity contribution in [3.05, 3.63) is 126 Å². The van der Waals surface area contributed by atoms with E-state index < -0.39 is 6.04 Å². The number of rotatable bonds is 12. The number of aromatic amines is 2. The summed E-state index contributed by atoms with van der Waals surface area (Å²) in [6.07, 6.45) is 6.97. The maximum Gasteiger partial charge on any atom is 0.247 e. The summed E-state index contributed by atoms with van der Waals surface area (Å²) < 4.78 is 6.23. The fourth-order valence-electron chi connectivity index (χ4n) is 7.14. The zero-order chi connectivity index (χ0) is 37.1. The number of amides is 2. The molecule has 4 atom stereocenters. The lowest BCUT2D eigenvalue weighted by Gasteiger charge is -2.31. The van der Waals surface area contributed by atoms with Gasteiger partial charge in [-0.05, 0) is 65.1 Å². The molecule has 3 aromatic heterocycles. The van der Waals surface area contributed by atoms with E-state index in [1.807, 2.05) is 135 Å². The van der Waals surface area contributed by atoms with E-state index in [1.54, 1.807) is 18.6 Å². The minimum absolute atomic E-state index is 0.0598. The zero-order valence-corrected chi connectivity index (χ0v) is 30.7.